The molecular weight excluding hydrogens is 433 g/mol. The summed E-state index contributed by atoms with van der Waals surface area (Å²) in [4.78, 5) is 18.9. The minimum absolute atomic E-state index is 0.0858. The maximum absolute atomic E-state index is 13.2. The number of likely N-dealkylation sites (tertiary alicyclic amines) is 1. The van der Waals surface area contributed by atoms with Gasteiger partial charge in [-0.05, 0) is 73.8 Å². The van der Waals surface area contributed by atoms with Gasteiger partial charge in [0.2, 0.25) is 11.7 Å². The first kappa shape index (κ1) is 20.8. The molecule has 5 rings (SSSR count). The Hall–Kier alpha value is -3.03. The second-order valence-electron chi connectivity index (χ2n) is 8.23. The monoisotopic (exact) mass is 453 g/mol. The lowest BCUT2D eigenvalue weighted by Gasteiger charge is -2.31. The third-order valence-corrected chi connectivity index (χ3v) is 6.31. The van der Waals surface area contributed by atoms with Crippen molar-refractivity contribution in [3.63, 3.8) is 0 Å². The molecule has 0 bridgehead atoms. The van der Waals surface area contributed by atoms with E-state index in [0.29, 0.717) is 34.4 Å². The summed E-state index contributed by atoms with van der Waals surface area (Å²) in [7, 11) is 0. The Labute approximate surface area is 188 Å². The predicted molar refractivity (Wildman–Crippen MR) is 119 cm³/mol. The van der Waals surface area contributed by atoms with Crippen molar-refractivity contribution in [3.05, 3.63) is 80.7 Å². The molecule has 0 N–H and O–H groups in total. The van der Waals surface area contributed by atoms with Crippen molar-refractivity contribution in [2.24, 2.45) is 0 Å². The number of benzene rings is 2. The van der Waals surface area contributed by atoms with Crippen molar-refractivity contribution < 1.29 is 13.3 Å². The summed E-state index contributed by atoms with van der Waals surface area (Å²) in [5.74, 6) is 0.806. The van der Waals surface area contributed by atoms with Gasteiger partial charge in [-0.25, -0.2) is 9.18 Å². The molecule has 2 aromatic carbocycles. The number of aromatic nitrogens is 2. The van der Waals surface area contributed by atoms with Crippen molar-refractivity contribution in [2.75, 3.05) is 13.1 Å². The molecular formula is C24H21ClFN3O3. The molecule has 1 unspecified atom stereocenters. The van der Waals surface area contributed by atoms with E-state index in [4.69, 9.17) is 20.5 Å². The van der Waals surface area contributed by atoms with E-state index in [9.17, 15) is 9.18 Å². The molecule has 0 radical (unpaired) electrons. The highest BCUT2D eigenvalue weighted by Gasteiger charge is 2.27. The number of fused-ring (bicyclic) bond motifs is 1. The fourth-order valence-electron chi connectivity index (χ4n) is 4.24. The maximum Gasteiger partial charge on any atom is 0.336 e. The van der Waals surface area contributed by atoms with Crippen LogP contribution in [0.5, 0.6) is 0 Å². The number of rotatable bonds is 4. The molecule has 3 heterocycles. The summed E-state index contributed by atoms with van der Waals surface area (Å²) in [6.45, 7) is 4.11. The van der Waals surface area contributed by atoms with E-state index < -0.39 is 0 Å². The zero-order chi connectivity index (χ0) is 22.2. The van der Waals surface area contributed by atoms with Crippen LogP contribution in [0.2, 0.25) is 5.02 Å². The van der Waals surface area contributed by atoms with Crippen LogP contribution < -0.4 is 5.63 Å². The van der Waals surface area contributed by atoms with Crippen LogP contribution in [0.25, 0.3) is 22.4 Å². The van der Waals surface area contributed by atoms with E-state index in [1.54, 1.807) is 18.2 Å². The lowest BCUT2D eigenvalue weighted by molar-refractivity contribution is 0.180. The first-order chi connectivity index (χ1) is 15.5. The smallest absolute Gasteiger partial charge is 0.336 e. The highest BCUT2D eigenvalue weighted by Crippen LogP contribution is 2.30. The predicted octanol–water partition coefficient (Wildman–Crippen LogP) is 5.32. The Morgan fingerprint density at radius 2 is 2.03 bits per heavy atom. The summed E-state index contributed by atoms with van der Waals surface area (Å²) in [5.41, 5.74) is 2.64. The molecule has 164 valence electrons. The number of piperidine rings is 1. The van der Waals surface area contributed by atoms with E-state index in [1.165, 1.54) is 18.2 Å². The largest absolute Gasteiger partial charge is 0.423 e. The van der Waals surface area contributed by atoms with Crippen molar-refractivity contribution in [1.82, 2.24) is 15.0 Å². The molecule has 0 aliphatic carbocycles. The molecule has 1 atom stereocenters. The summed E-state index contributed by atoms with van der Waals surface area (Å²) in [5, 5.41) is 5.56. The molecule has 0 spiro atoms. The standard InChI is InChI=1S/C24H21ClFN3O3/c1-14-9-21-19(11-20(14)25)17(10-22(30)31-21)13-29-8-2-3-16(12-29)24-27-23(28-32-24)15-4-6-18(26)7-5-15/h4-7,9-11,16H,2-3,8,12-13H2,1H3. The average Bonchev–Trinajstić information content (AvgIpc) is 3.26. The average molecular weight is 454 g/mol. The maximum atomic E-state index is 13.2. The van der Waals surface area contributed by atoms with Crippen LogP contribution in [0.15, 0.2) is 56.2 Å². The van der Waals surface area contributed by atoms with Gasteiger partial charge < -0.3 is 8.94 Å². The third-order valence-electron chi connectivity index (χ3n) is 5.90. The molecule has 1 saturated heterocycles. The van der Waals surface area contributed by atoms with Gasteiger partial charge in [0.1, 0.15) is 11.4 Å². The second-order valence-corrected chi connectivity index (χ2v) is 8.63. The molecule has 1 fully saturated rings. The molecule has 32 heavy (non-hydrogen) atoms. The summed E-state index contributed by atoms with van der Waals surface area (Å²) in [6, 6.07) is 11.2. The topological polar surface area (TPSA) is 72.4 Å². The number of hydrogen-bond donors (Lipinski definition) is 0. The van der Waals surface area contributed by atoms with E-state index in [-0.39, 0.29) is 17.4 Å². The van der Waals surface area contributed by atoms with Crippen molar-refractivity contribution in [1.29, 1.82) is 0 Å². The molecule has 0 saturated carbocycles. The molecule has 1 aliphatic rings. The number of halogens is 2. The lowest BCUT2D eigenvalue weighted by atomic mass is 9.97. The molecule has 4 aromatic rings. The SMILES string of the molecule is Cc1cc2oc(=O)cc(CN3CCCC(c4nc(-c5ccc(F)cc5)no4)C3)c2cc1Cl. The van der Waals surface area contributed by atoms with Gasteiger partial charge in [-0.15, -0.1) is 0 Å². The minimum atomic E-state index is -0.372. The first-order valence-electron chi connectivity index (χ1n) is 10.5. The van der Waals surface area contributed by atoms with Gasteiger partial charge in [0, 0.05) is 35.1 Å². The highest BCUT2D eigenvalue weighted by molar-refractivity contribution is 6.32. The Morgan fingerprint density at radius 1 is 1.22 bits per heavy atom. The van der Waals surface area contributed by atoms with E-state index >= 15 is 0 Å². The second kappa shape index (κ2) is 8.48. The fraction of sp³-hybridized carbons (Fsp3) is 0.292. The first-order valence-corrected chi connectivity index (χ1v) is 10.9. The van der Waals surface area contributed by atoms with E-state index in [1.807, 2.05) is 13.0 Å². The van der Waals surface area contributed by atoms with E-state index in [0.717, 1.165) is 42.4 Å². The number of aryl methyl sites for hydroxylation is 1. The van der Waals surface area contributed by atoms with Crippen molar-refractivity contribution in [3.8, 4) is 11.4 Å². The van der Waals surface area contributed by atoms with Crippen LogP contribution in [-0.2, 0) is 6.54 Å². The Morgan fingerprint density at radius 3 is 2.84 bits per heavy atom. The number of hydrogen-bond acceptors (Lipinski definition) is 6. The van der Waals surface area contributed by atoms with Gasteiger partial charge in [0.05, 0.1) is 5.92 Å². The van der Waals surface area contributed by atoms with E-state index in [2.05, 4.69) is 15.0 Å². The van der Waals surface area contributed by atoms with Gasteiger partial charge in [0.25, 0.3) is 0 Å². The molecule has 0 amide bonds. The zero-order valence-corrected chi connectivity index (χ0v) is 18.2. The van der Waals surface area contributed by atoms with Crippen molar-refractivity contribution in [2.45, 2.75) is 32.2 Å². The van der Waals surface area contributed by atoms with Gasteiger partial charge in [-0.1, -0.05) is 16.8 Å². The van der Waals surface area contributed by atoms with Gasteiger partial charge in [0.15, 0.2) is 0 Å². The minimum Gasteiger partial charge on any atom is -0.423 e. The highest BCUT2D eigenvalue weighted by atomic mass is 35.5. The third kappa shape index (κ3) is 4.18. The van der Waals surface area contributed by atoms with Crippen LogP contribution in [-0.4, -0.2) is 28.1 Å². The Balaban J connectivity index is 1.37. The summed E-state index contributed by atoms with van der Waals surface area (Å²) in [6.07, 6.45) is 1.91. The van der Waals surface area contributed by atoms with Gasteiger partial charge in [-0.3, -0.25) is 4.90 Å². The zero-order valence-electron chi connectivity index (χ0n) is 17.5. The van der Waals surface area contributed by atoms with Gasteiger partial charge in [-0.2, -0.15) is 4.98 Å². The van der Waals surface area contributed by atoms with Gasteiger partial charge >= 0.3 is 5.63 Å². The van der Waals surface area contributed by atoms with Crippen LogP contribution in [0, 0.1) is 12.7 Å². The Kier molecular flexibility index (Phi) is 5.53. The quantitative estimate of drug-likeness (QED) is 0.389. The normalized spacial score (nSPS) is 17.2. The summed E-state index contributed by atoms with van der Waals surface area (Å²) < 4.78 is 24.1. The van der Waals surface area contributed by atoms with Crippen LogP contribution in [0.3, 0.4) is 0 Å². The van der Waals surface area contributed by atoms with Crippen LogP contribution >= 0.6 is 11.6 Å². The molecule has 1 aliphatic heterocycles. The van der Waals surface area contributed by atoms with Crippen molar-refractivity contribution >= 4 is 22.6 Å². The lowest BCUT2D eigenvalue weighted by Crippen LogP contribution is -2.34. The molecule has 6 nitrogen and oxygen atoms in total. The van der Waals surface area contributed by atoms with Crippen LogP contribution in [0.4, 0.5) is 4.39 Å². The molecule has 8 heteroatoms. The van der Waals surface area contributed by atoms with Crippen LogP contribution in [0.1, 0.15) is 35.8 Å². The Bertz CT molecular complexity index is 1330. The molecule has 2 aromatic heterocycles. The number of nitrogens with zero attached hydrogens (tertiary/aromatic N) is 3. The fourth-order valence-corrected chi connectivity index (χ4v) is 4.40. The summed E-state index contributed by atoms with van der Waals surface area (Å²) >= 11 is 6.33.